The third-order valence-corrected chi connectivity index (χ3v) is 10.4. The maximum Gasteiger partial charge on any atom is 0.326 e. The second-order valence-corrected chi connectivity index (χ2v) is 13.6. The van der Waals surface area contributed by atoms with E-state index in [1.807, 2.05) is 0 Å². The van der Waals surface area contributed by atoms with Crippen LogP contribution in [0.2, 0.25) is 0 Å². The van der Waals surface area contributed by atoms with Gasteiger partial charge in [0.1, 0.15) is 29.8 Å². The van der Waals surface area contributed by atoms with Crippen LogP contribution in [0.25, 0.3) is 0 Å². The van der Waals surface area contributed by atoms with Crippen molar-refractivity contribution in [3.05, 3.63) is 41.0 Å². The fourth-order valence-electron chi connectivity index (χ4n) is 7.56. The van der Waals surface area contributed by atoms with Gasteiger partial charge in [0.15, 0.2) is 47.8 Å². The number of carbonyl (C=O) groups excluding carboxylic acids is 4. The van der Waals surface area contributed by atoms with Crippen molar-refractivity contribution < 1.29 is 76.0 Å². The molecule has 5 aliphatic rings. The van der Waals surface area contributed by atoms with E-state index in [0.717, 1.165) is 0 Å². The third kappa shape index (κ3) is 7.20. The van der Waals surface area contributed by atoms with E-state index >= 15 is 0 Å². The summed E-state index contributed by atoms with van der Waals surface area (Å²) in [5.41, 5.74) is 1.70. The molecule has 16 nitrogen and oxygen atoms in total. The molecule has 2 aromatic rings. The van der Waals surface area contributed by atoms with E-state index in [0.29, 0.717) is 28.2 Å². The van der Waals surface area contributed by atoms with Crippen LogP contribution in [0.1, 0.15) is 35.6 Å². The monoisotopic (exact) mass is 816 g/mol. The van der Waals surface area contributed by atoms with Crippen molar-refractivity contribution in [3.63, 3.8) is 0 Å². The molecule has 0 amide bonds. The van der Waals surface area contributed by atoms with Gasteiger partial charge < -0.3 is 56.8 Å². The molecule has 4 heterocycles. The van der Waals surface area contributed by atoms with E-state index in [9.17, 15) is 19.2 Å². The molecule has 1 aliphatic carbocycles. The first-order valence-electron chi connectivity index (χ1n) is 16.8. The molecule has 7 rings (SSSR count). The summed E-state index contributed by atoms with van der Waals surface area (Å²) in [7, 11) is 2.78. The minimum atomic E-state index is -1.42. The van der Waals surface area contributed by atoms with Gasteiger partial charge in [-0.15, -0.1) is 34.8 Å². The van der Waals surface area contributed by atoms with Crippen molar-refractivity contribution in [2.24, 2.45) is 11.8 Å². The SMILES string of the molecule is COc1cc([C@@H]2c3cc4c(cc3[C@@H](O[C@@H]3O[C@@H]5CO[C@@H](C)O[C@H]5[C@H](OC(=O)CCl)[C@H]3OC(=O)CCl)[C@H]3COC(=O)[C@H]23)OCO4)cc(OC)c1OC(=O)CCl. The lowest BCUT2D eigenvalue weighted by Gasteiger charge is -2.49. The number of hydrogen-bond donors (Lipinski definition) is 0. The Balaban J connectivity index is 1.34. The van der Waals surface area contributed by atoms with Crippen LogP contribution in [0.4, 0.5) is 0 Å². The summed E-state index contributed by atoms with van der Waals surface area (Å²) < 4.78 is 70.2. The largest absolute Gasteiger partial charge is 0.493 e. The predicted molar refractivity (Wildman–Crippen MR) is 182 cm³/mol. The van der Waals surface area contributed by atoms with Gasteiger partial charge in [0.2, 0.25) is 12.5 Å². The van der Waals surface area contributed by atoms with E-state index in [-0.39, 0.29) is 37.3 Å². The van der Waals surface area contributed by atoms with E-state index in [1.54, 1.807) is 31.2 Å². The molecule has 0 spiro atoms. The molecule has 0 aromatic heterocycles. The maximum absolute atomic E-state index is 13.8. The van der Waals surface area contributed by atoms with Gasteiger partial charge in [0.25, 0.3) is 0 Å². The van der Waals surface area contributed by atoms with Crippen LogP contribution in [0, 0.1) is 11.8 Å². The molecule has 0 N–H and O–H groups in total. The molecule has 2 aromatic carbocycles. The first-order valence-corrected chi connectivity index (χ1v) is 18.4. The fraction of sp³-hybridized carbons (Fsp3) is 0.543. The lowest BCUT2D eigenvalue weighted by atomic mass is 9.66. The smallest absolute Gasteiger partial charge is 0.326 e. The van der Waals surface area contributed by atoms with E-state index in [1.165, 1.54) is 14.2 Å². The molecule has 0 radical (unpaired) electrons. The van der Waals surface area contributed by atoms with Gasteiger partial charge in [-0.2, -0.15) is 0 Å². The molecule has 0 unspecified atom stereocenters. The third-order valence-electron chi connectivity index (χ3n) is 9.76. The Labute approximate surface area is 323 Å². The molecular weight excluding hydrogens is 783 g/mol. The van der Waals surface area contributed by atoms with E-state index in [4.69, 9.17) is 91.6 Å². The lowest BCUT2D eigenvalue weighted by Crippen LogP contribution is -2.65. The Morgan fingerprint density at radius 1 is 0.796 bits per heavy atom. The fourth-order valence-corrected chi connectivity index (χ4v) is 7.74. The van der Waals surface area contributed by atoms with Crippen LogP contribution in [0.3, 0.4) is 0 Å². The van der Waals surface area contributed by atoms with Crippen molar-refractivity contribution in [1.82, 2.24) is 0 Å². The Morgan fingerprint density at radius 2 is 1.43 bits per heavy atom. The van der Waals surface area contributed by atoms with Crippen LogP contribution >= 0.6 is 34.8 Å². The van der Waals surface area contributed by atoms with Gasteiger partial charge in [0.05, 0.1) is 39.5 Å². The van der Waals surface area contributed by atoms with Gasteiger partial charge in [-0.25, -0.2) is 0 Å². The minimum Gasteiger partial charge on any atom is -0.493 e. The molecule has 10 atom stereocenters. The van der Waals surface area contributed by atoms with Gasteiger partial charge in [-0.05, 0) is 47.9 Å². The molecule has 0 saturated carbocycles. The Kier molecular flexibility index (Phi) is 11.5. The summed E-state index contributed by atoms with van der Waals surface area (Å²) >= 11 is 17.4. The summed E-state index contributed by atoms with van der Waals surface area (Å²) in [4.78, 5) is 51.4. The zero-order valence-corrected chi connectivity index (χ0v) is 31.3. The van der Waals surface area contributed by atoms with Crippen LogP contribution in [-0.2, 0) is 52.3 Å². The van der Waals surface area contributed by atoms with Gasteiger partial charge >= 0.3 is 23.9 Å². The molecule has 3 fully saturated rings. The normalized spacial score (nSPS) is 30.6. The second-order valence-electron chi connectivity index (χ2n) is 12.8. The van der Waals surface area contributed by atoms with Crippen molar-refractivity contribution in [3.8, 4) is 28.7 Å². The highest BCUT2D eigenvalue weighted by Crippen LogP contribution is 2.57. The first kappa shape index (κ1) is 38.5. The summed E-state index contributed by atoms with van der Waals surface area (Å²) in [5, 5.41) is 0. The summed E-state index contributed by atoms with van der Waals surface area (Å²) in [5.74, 6) is -5.50. The number of carbonyl (C=O) groups is 4. The number of methoxy groups -OCH3 is 2. The van der Waals surface area contributed by atoms with Crippen molar-refractivity contribution in [2.75, 3.05) is 51.9 Å². The number of fused-ring (bicyclic) bond motifs is 4. The Bertz CT molecular complexity index is 1770. The standard InChI is InChI=1S/C35H35Cl3O16/c1-14-45-12-23-31(49-14)32(52-25(40)9-37)33(53-26(41)10-38)35(50-23)54-29-17-7-20-19(47-13-48-20)6-16(17)27(28-18(29)11-46-34(28)42)15-4-21(43-2)30(22(5-15)44-3)51-24(39)8-36/h4-7,14,18,23,27-29,31-33,35H,8-13H2,1-3H3/t14-,18+,23-,27-,28+,29-,31-,32+,33-,35+/m1/s1. The number of ether oxygens (including phenoxy) is 12. The molecule has 0 bridgehead atoms. The summed E-state index contributed by atoms with van der Waals surface area (Å²) in [6.45, 7) is 1.55. The van der Waals surface area contributed by atoms with E-state index in [2.05, 4.69) is 0 Å². The van der Waals surface area contributed by atoms with Crippen molar-refractivity contribution in [2.45, 2.75) is 55.9 Å². The number of alkyl halides is 3. The lowest BCUT2D eigenvalue weighted by molar-refractivity contribution is -0.365. The number of rotatable bonds is 11. The molecule has 4 aliphatic heterocycles. The zero-order chi connectivity index (χ0) is 38.3. The highest BCUT2D eigenvalue weighted by atomic mass is 35.5. The number of esters is 4. The highest BCUT2D eigenvalue weighted by Gasteiger charge is 2.58. The predicted octanol–water partition coefficient (Wildman–Crippen LogP) is 3.36. The number of hydrogen-bond acceptors (Lipinski definition) is 16. The molecule has 54 heavy (non-hydrogen) atoms. The van der Waals surface area contributed by atoms with Crippen molar-refractivity contribution >= 4 is 58.7 Å². The average Bonchev–Trinajstić information content (AvgIpc) is 3.81. The summed E-state index contributed by atoms with van der Waals surface area (Å²) in [6.07, 6.45) is -7.54. The average molecular weight is 818 g/mol. The minimum absolute atomic E-state index is 0.00246. The van der Waals surface area contributed by atoms with Gasteiger partial charge in [-0.1, -0.05) is 0 Å². The quantitative estimate of drug-likeness (QED) is 0.139. The second kappa shape index (κ2) is 16.1. The maximum atomic E-state index is 13.8. The summed E-state index contributed by atoms with van der Waals surface area (Å²) in [6, 6.07) is 6.76. The first-order chi connectivity index (χ1) is 26.1. The molecule has 19 heteroatoms. The Hall–Kier alpha value is -3.77. The van der Waals surface area contributed by atoms with Crippen LogP contribution in [-0.4, -0.2) is 113 Å². The van der Waals surface area contributed by atoms with Crippen LogP contribution in [0.15, 0.2) is 24.3 Å². The van der Waals surface area contributed by atoms with Crippen LogP contribution in [0.5, 0.6) is 28.7 Å². The molecule has 3 saturated heterocycles. The number of halogens is 3. The number of benzene rings is 2. The van der Waals surface area contributed by atoms with E-state index < -0.39 is 102 Å². The Morgan fingerprint density at radius 3 is 2.06 bits per heavy atom. The zero-order valence-electron chi connectivity index (χ0n) is 29.0. The topological polar surface area (TPSA) is 179 Å². The van der Waals surface area contributed by atoms with Crippen molar-refractivity contribution in [1.29, 1.82) is 0 Å². The van der Waals surface area contributed by atoms with Gasteiger partial charge in [0, 0.05) is 11.8 Å². The van der Waals surface area contributed by atoms with Gasteiger partial charge in [-0.3, -0.25) is 19.2 Å². The highest BCUT2D eigenvalue weighted by molar-refractivity contribution is 6.27. The van der Waals surface area contributed by atoms with Crippen LogP contribution < -0.4 is 23.7 Å². The molecular formula is C35H35Cl3O16. The number of cyclic esters (lactones) is 1. The molecule has 292 valence electrons.